The van der Waals surface area contributed by atoms with Crippen LogP contribution in [0.5, 0.6) is 0 Å². The van der Waals surface area contributed by atoms with Crippen LogP contribution in [-0.4, -0.2) is 26.9 Å². The molecule has 2 rings (SSSR count). The van der Waals surface area contributed by atoms with Crippen molar-refractivity contribution in [2.75, 3.05) is 12.3 Å². The maximum atomic E-state index is 11.4. The largest absolute Gasteiger partial charge is 0.461 e. The Balaban J connectivity index is 2.47. The van der Waals surface area contributed by atoms with Gasteiger partial charge in [0, 0.05) is 18.6 Å². The highest BCUT2D eigenvalue weighted by atomic mass is 16.5. The zero-order chi connectivity index (χ0) is 10.8. The molecule has 0 spiro atoms. The van der Waals surface area contributed by atoms with Gasteiger partial charge in [0.2, 0.25) is 0 Å². The summed E-state index contributed by atoms with van der Waals surface area (Å²) < 4.78 is 6.45. The molecule has 6 heteroatoms. The number of imidazole rings is 1. The molecular formula is C9H10N4O2. The molecule has 0 bridgehead atoms. The number of fused-ring (bicyclic) bond motifs is 1. The summed E-state index contributed by atoms with van der Waals surface area (Å²) in [5.41, 5.74) is 6.29. The Morgan fingerprint density at radius 3 is 3.13 bits per heavy atom. The van der Waals surface area contributed by atoms with E-state index in [4.69, 9.17) is 10.5 Å². The van der Waals surface area contributed by atoms with Gasteiger partial charge in [-0.05, 0) is 6.92 Å². The number of nitrogens with two attached hydrogens (primary N) is 1. The molecule has 2 aromatic rings. The molecule has 0 fully saturated rings. The van der Waals surface area contributed by atoms with E-state index in [-0.39, 0.29) is 11.5 Å². The number of nitrogens with zero attached hydrogens (tertiary/aromatic N) is 3. The van der Waals surface area contributed by atoms with E-state index in [1.807, 2.05) is 0 Å². The number of rotatable bonds is 2. The van der Waals surface area contributed by atoms with Crippen molar-refractivity contribution in [3.8, 4) is 0 Å². The van der Waals surface area contributed by atoms with Gasteiger partial charge in [-0.15, -0.1) is 0 Å². The van der Waals surface area contributed by atoms with Gasteiger partial charge in [0.15, 0.2) is 17.2 Å². The highest BCUT2D eigenvalue weighted by Crippen LogP contribution is 2.10. The lowest BCUT2D eigenvalue weighted by atomic mass is 10.5. The number of esters is 1. The van der Waals surface area contributed by atoms with Crippen LogP contribution in [0.4, 0.5) is 5.82 Å². The molecule has 0 aliphatic heterocycles. The Morgan fingerprint density at radius 2 is 2.47 bits per heavy atom. The van der Waals surface area contributed by atoms with Crippen LogP contribution in [0.3, 0.4) is 0 Å². The number of ether oxygens (including phenoxy) is 1. The molecule has 0 saturated heterocycles. The molecule has 2 aromatic heterocycles. The van der Waals surface area contributed by atoms with E-state index in [1.54, 1.807) is 29.9 Å². The van der Waals surface area contributed by atoms with Crippen LogP contribution in [0.1, 0.15) is 17.4 Å². The molecule has 78 valence electrons. The Hall–Kier alpha value is -2.11. The SMILES string of the molecule is CCOC(=O)c1cn2ccnc(N)c2n1. The summed E-state index contributed by atoms with van der Waals surface area (Å²) in [4.78, 5) is 19.3. The summed E-state index contributed by atoms with van der Waals surface area (Å²) in [5, 5.41) is 0. The summed E-state index contributed by atoms with van der Waals surface area (Å²) in [7, 11) is 0. The predicted molar refractivity (Wildman–Crippen MR) is 53.4 cm³/mol. The molecule has 0 saturated carbocycles. The van der Waals surface area contributed by atoms with Crippen LogP contribution in [0.15, 0.2) is 18.6 Å². The van der Waals surface area contributed by atoms with Gasteiger partial charge in [0.1, 0.15) is 0 Å². The second kappa shape index (κ2) is 3.56. The zero-order valence-corrected chi connectivity index (χ0v) is 8.17. The topological polar surface area (TPSA) is 82.5 Å². The van der Waals surface area contributed by atoms with E-state index >= 15 is 0 Å². The molecule has 15 heavy (non-hydrogen) atoms. The second-order valence-corrected chi connectivity index (χ2v) is 2.89. The summed E-state index contributed by atoms with van der Waals surface area (Å²) >= 11 is 0. The number of anilines is 1. The zero-order valence-electron chi connectivity index (χ0n) is 8.17. The maximum Gasteiger partial charge on any atom is 0.358 e. The van der Waals surface area contributed by atoms with Crippen LogP contribution < -0.4 is 5.73 Å². The van der Waals surface area contributed by atoms with Gasteiger partial charge in [-0.3, -0.25) is 0 Å². The van der Waals surface area contributed by atoms with Gasteiger partial charge in [-0.25, -0.2) is 14.8 Å². The first-order valence-electron chi connectivity index (χ1n) is 4.48. The van der Waals surface area contributed by atoms with Gasteiger partial charge in [0.05, 0.1) is 6.61 Å². The van der Waals surface area contributed by atoms with E-state index in [0.29, 0.717) is 12.3 Å². The highest BCUT2D eigenvalue weighted by Gasteiger charge is 2.12. The summed E-state index contributed by atoms with van der Waals surface area (Å²) in [6.45, 7) is 2.06. The Kier molecular flexibility index (Phi) is 2.24. The summed E-state index contributed by atoms with van der Waals surface area (Å²) in [6.07, 6.45) is 4.77. The Labute approximate surface area is 85.7 Å². The summed E-state index contributed by atoms with van der Waals surface area (Å²) in [6, 6.07) is 0. The highest BCUT2D eigenvalue weighted by molar-refractivity contribution is 5.88. The molecule has 0 aliphatic rings. The molecule has 0 aliphatic carbocycles. The van der Waals surface area contributed by atoms with Gasteiger partial charge in [-0.1, -0.05) is 0 Å². The van der Waals surface area contributed by atoms with Gasteiger partial charge < -0.3 is 14.9 Å². The number of carbonyl (C=O) groups excluding carboxylic acids is 1. The molecule has 0 amide bonds. The maximum absolute atomic E-state index is 11.4. The molecule has 0 unspecified atom stereocenters. The average Bonchev–Trinajstić information content (AvgIpc) is 2.63. The monoisotopic (exact) mass is 206 g/mol. The van der Waals surface area contributed by atoms with E-state index in [1.165, 1.54) is 0 Å². The minimum Gasteiger partial charge on any atom is -0.461 e. The van der Waals surface area contributed by atoms with Crippen LogP contribution in [0.2, 0.25) is 0 Å². The van der Waals surface area contributed by atoms with E-state index in [0.717, 1.165) is 0 Å². The van der Waals surface area contributed by atoms with Crippen molar-refractivity contribution in [2.45, 2.75) is 6.92 Å². The third-order valence-corrected chi connectivity index (χ3v) is 1.89. The normalized spacial score (nSPS) is 10.5. The Bertz CT molecular complexity index is 506. The third kappa shape index (κ3) is 1.61. The molecule has 2 heterocycles. The number of carbonyl (C=O) groups is 1. The fourth-order valence-corrected chi connectivity index (χ4v) is 1.24. The van der Waals surface area contributed by atoms with Crippen LogP contribution in [0.25, 0.3) is 5.65 Å². The first-order chi connectivity index (χ1) is 7.22. The first kappa shape index (κ1) is 9.45. The lowest BCUT2D eigenvalue weighted by molar-refractivity contribution is 0.0520. The van der Waals surface area contributed by atoms with Crippen molar-refractivity contribution in [1.82, 2.24) is 14.4 Å². The minimum absolute atomic E-state index is 0.233. The van der Waals surface area contributed by atoms with Crippen LogP contribution in [-0.2, 0) is 4.74 Å². The van der Waals surface area contributed by atoms with E-state index in [2.05, 4.69) is 9.97 Å². The van der Waals surface area contributed by atoms with E-state index in [9.17, 15) is 4.79 Å². The van der Waals surface area contributed by atoms with Crippen molar-refractivity contribution in [3.63, 3.8) is 0 Å². The predicted octanol–water partition coefficient (Wildman–Crippen LogP) is 0.488. The van der Waals surface area contributed by atoms with Crippen molar-refractivity contribution < 1.29 is 9.53 Å². The molecule has 0 radical (unpaired) electrons. The third-order valence-electron chi connectivity index (χ3n) is 1.89. The summed E-state index contributed by atoms with van der Waals surface area (Å²) in [5.74, 6) is -0.173. The number of hydrogen-bond donors (Lipinski definition) is 1. The lowest BCUT2D eigenvalue weighted by Gasteiger charge is -1.95. The molecular weight excluding hydrogens is 196 g/mol. The quantitative estimate of drug-likeness (QED) is 0.723. The lowest BCUT2D eigenvalue weighted by Crippen LogP contribution is -2.04. The molecule has 0 atom stereocenters. The second-order valence-electron chi connectivity index (χ2n) is 2.89. The number of nitrogen functional groups attached to an aromatic ring is 1. The molecule has 6 nitrogen and oxygen atoms in total. The Morgan fingerprint density at radius 1 is 1.67 bits per heavy atom. The molecule has 2 N–H and O–H groups in total. The van der Waals surface area contributed by atoms with Crippen molar-refractivity contribution in [2.24, 2.45) is 0 Å². The van der Waals surface area contributed by atoms with Crippen molar-refractivity contribution in [1.29, 1.82) is 0 Å². The standard InChI is InChI=1S/C9H10N4O2/c1-2-15-9(14)6-5-13-4-3-11-7(10)8(13)12-6/h3-5H,2H2,1H3,(H2,10,11). The van der Waals surface area contributed by atoms with E-state index < -0.39 is 5.97 Å². The van der Waals surface area contributed by atoms with Crippen LogP contribution in [0, 0.1) is 0 Å². The van der Waals surface area contributed by atoms with Gasteiger partial charge in [0.25, 0.3) is 0 Å². The fourth-order valence-electron chi connectivity index (χ4n) is 1.24. The van der Waals surface area contributed by atoms with Gasteiger partial charge >= 0.3 is 5.97 Å². The molecule has 0 aromatic carbocycles. The van der Waals surface area contributed by atoms with Crippen molar-refractivity contribution in [3.05, 3.63) is 24.3 Å². The van der Waals surface area contributed by atoms with Crippen molar-refractivity contribution >= 4 is 17.4 Å². The number of hydrogen-bond acceptors (Lipinski definition) is 5. The fraction of sp³-hybridized carbons (Fsp3) is 0.222. The minimum atomic E-state index is -0.458. The average molecular weight is 206 g/mol. The number of aromatic nitrogens is 3. The van der Waals surface area contributed by atoms with Crippen LogP contribution >= 0.6 is 0 Å². The van der Waals surface area contributed by atoms with Gasteiger partial charge in [-0.2, -0.15) is 0 Å². The first-order valence-corrected chi connectivity index (χ1v) is 4.48. The smallest absolute Gasteiger partial charge is 0.358 e.